The highest BCUT2D eigenvalue weighted by atomic mass is 16.5. The van der Waals surface area contributed by atoms with Gasteiger partial charge in [-0.05, 0) is 23.8 Å². The van der Waals surface area contributed by atoms with Crippen LogP contribution < -0.4 is 4.74 Å². The van der Waals surface area contributed by atoms with Gasteiger partial charge in [-0.25, -0.2) is 0 Å². The molecule has 0 aliphatic rings. The Bertz CT molecular complexity index is 528. The van der Waals surface area contributed by atoms with Crippen LogP contribution in [0.5, 0.6) is 11.5 Å². The zero-order valence-electron chi connectivity index (χ0n) is 10.8. The Kier molecular flexibility index (Phi) is 5.41. The van der Waals surface area contributed by atoms with E-state index in [9.17, 15) is 5.11 Å². The van der Waals surface area contributed by atoms with Crippen LogP contribution in [0.4, 0.5) is 0 Å². The zero-order chi connectivity index (χ0) is 14.3. The molecule has 2 rings (SSSR count). The first-order valence-electron chi connectivity index (χ1n) is 5.66. The summed E-state index contributed by atoms with van der Waals surface area (Å²) in [6.45, 7) is 1.08. The van der Waals surface area contributed by atoms with Gasteiger partial charge >= 0.3 is 0 Å². The zero-order valence-corrected chi connectivity index (χ0v) is 10.8. The van der Waals surface area contributed by atoms with Gasteiger partial charge in [0.2, 0.25) is 0 Å². The molecule has 0 saturated carbocycles. The molecule has 4 nitrogen and oxygen atoms in total. The predicted molar refractivity (Wildman–Crippen MR) is 73.4 cm³/mol. The molecule has 0 radical (unpaired) electrons. The average molecular weight is 260 g/mol. The van der Waals surface area contributed by atoms with Crippen LogP contribution in [0.1, 0.15) is 6.92 Å². The van der Waals surface area contributed by atoms with Gasteiger partial charge in [0.25, 0.3) is 5.97 Å². The fraction of sp³-hybridized carbons (Fsp3) is 0.133. The highest BCUT2D eigenvalue weighted by molar-refractivity contribution is 5.70. The van der Waals surface area contributed by atoms with E-state index in [1.165, 1.54) is 0 Å². The molecule has 0 aliphatic carbocycles. The number of ether oxygens (including phenoxy) is 1. The predicted octanol–water partition coefficient (Wildman–Crippen LogP) is 3.16. The van der Waals surface area contributed by atoms with Gasteiger partial charge in [0.1, 0.15) is 11.5 Å². The molecule has 0 atom stereocenters. The lowest BCUT2D eigenvalue weighted by Crippen LogP contribution is -1.82. The van der Waals surface area contributed by atoms with Crippen LogP contribution >= 0.6 is 0 Å². The van der Waals surface area contributed by atoms with E-state index in [1.807, 2.05) is 42.5 Å². The quantitative estimate of drug-likeness (QED) is 0.870. The molecule has 2 N–H and O–H groups in total. The molecule has 2 aromatic carbocycles. The number of hydrogen-bond acceptors (Lipinski definition) is 3. The summed E-state index contributed by atoms with van der Waals surface area (Å²) in [6.07, 6.45) is 0. The van der Waals surface area contributed by atoms with Gasteiger partial charge in [-0.3, -0.25) is 4.79 Å². The number of carboxylic acids is 1. The molecule has 0 aliphatic heterocycles. The van der Waals surface area contributed by atoms with Crippen LogP contribution in [0.2, 0.25) is 0 Å². The van der Waals surface area contributed by atoms with Crippen molar-refractivity contribution in [3.63, 3.8) is 0 Å². The molecule has 2 aromatic rings. The molecule has 4 heteroatoms. The number of carbonyl (C=O) groups is 1. The summed E-state index contributed by atoms with van der Waals surface area (Å²) in [7, 11) is 1.63. The van der Waals surface area contributed by atoms with Gasteiger partial charge in [0.15, 0.2) is 0 Å². The van der Waals surface area contributed by atoms with Gasteiger partial charge in [-0.15, -0.1) is 0 Å². The summed E-state index contributed by atoms with van der Waals surface area (Å²) < 4.78 is 5.07. The van der Waals surface area contributed by atoms with E-state index < -0.39 is 5.97 Å². The Hall–Kier alpha value is -2.49. The Morgan fingerprint density at radius 1 is 1.05 bits per heavy atom. The molecule has 0 saturated heterocycles. The van der Waals surface area contributed by atoms with Crippen LogP contribution in [-0.4, -0.2) is 23.3 Å². The van der Waals surface area contributed by atoms with Crippen molar-refractivity contribution < 1.29 is 19.7 Å². The van der Waals surface area contributed by atoms with E-state index in [1.54, 1.807) is 13.2 Å². The van der Waals surface area contributed by atoms with Crippen LogP contribution in [0.15, 0.2) is 48.5 Å². The van der Waals surface area contributed by atoms with E-state index in [0.29, 0.717) is 5.75 Å². The lowest BCUT2D eigenvalue weighted by molar-refractivity contribution is -0.134. The largest absolute Gasteiger partial charge is 0.507 e. The smallest absolute Gasteiger partial charge is 0.300 e. The number of rotatable bonds is 2. The Morgan fingerprint density at radius 3 is 2.05 bits per heavy atom. The van der Waals surface area contributed by atoms with Gasteiger partial charge in [0, 0.05) is 12.5 Å². The number of methoxy groups -OCH3 is 1. The SMILES string of the molecule is CC(=O)O.COc1ccc(-c2ccccc2O)cc1. The number of benzene rings is 2. The van der Waals surface area contributed by atoms with Crippen molar-refractivity contribution >= 4 is 5.97 Å². The minimum absolute atomic E-state index is 0.294. The van der Waals surface area contributed by atoms with Gasteiger partial charge in [-0.1, -0.05) is 30.3 Å². The molecular weight excluding hydrogens is 244 g/mol. The topological polar surface area (TPSA) is 66.8 Å². The van der Waals surface area contributed by atoms with E-state index >= 15 is 0 Å². The third-order valence-electron chi connectivity index (χ3n) is 2.31. The maximum Gasteiger partial charge on any atom is 0.300 e. The molecule has 0 bridgehead atoms. The molecule has 0 heterocycles. The van der Waals surface area contributed by atoms with Crippen molar-refractivity contribution in [1.29, 1.82) is 0 Å². The van der Waals surface area contributed by atoms with Crippen LogP contribution in [0.25, 0.3) is 11.1 Å². The van der Waals surface area contributed by atoms with Crippen molar-refractivity contribution in [2.75, 3.05) is 7.11 Å². The number of phenols is 1. The van der Waals surface area contributed by atoms with Crippen molar-refractivity contribution in [2.45, 2.75) is 6.92 Å². The van der Waals surface area contributed by atoms with E-state index in [4.69, 9.17) is 14.6 Å². The van der Waals surface area contributed by atoms with Crippen molar-refractivity contribution in [2.24, 2.45) is 0 Å². The second kappa shape index (κ2) is 7.06. The average Bonchev–Trinajstić information content (AvgIpc) is 2.39. The maximum atomic E-state index is 9.66. The molecular formula is C15H16O4. The summed E-state index contributed by atoms with van der Waals surface area (Å²) in [5.41, 5.74) is 1.81. The monoisotopic (exact) mass is 260 g/mol. The van der Waals surface area contributed by atoms with Gasteiger partial charge in [-0.2, -0.15) is 0 Å². The van der Waals surface area contributed by atoms with Crippen LogP contribution in [0.3, 0.4) is 0 Å². The lowest BCUT2D eigenvalue weighted by Gasteiger charge is -2.05. The number of hydrogen-bond donors (Lipinski definition) is 2. The highest BCUT2D eigenvalue weighted by Crippen LogP contribution is 2.29. The Morgan fingerprint density at radius 2 is 1.58 bits per heavy atom. The number of para-hydroxylation sites is 1. The summed E-state index contributed by atoms with van der Waals surface area (Å²) in [5.74, 6) is 0.275. The number of aromatic hydroxyl groups is 1. The molecule has 100 valence electrons. The fourth-order valence-electron chi connectivity index (χ4n) is 1.49. The molecule has 0 spiro atoms. The molecule has 0 fully saturated rings. The Labute approximate surface area is 111 Å². The number of aliphatic carboxylic acids is 1. The second-order valence-electron chi connectivity index (χ2n) is 3.76. The van der Waals surface area contributed by atoms with Crippen LogP contribution in [-0.2, 0) is 4.79 Å². The number of carboxylic acid groups (broad SMARTS) is 1. The standard InChI is InChI=1S/C13H12O2.C2H4O2/c1-15-11-8-6-10(7-9-11)12-4-2-3-5-13(12)14;1-2(3)4/h2-9,14H,1H3;1H3,(H,3,4). The summed E-state index contributed by atoms with van der Waals surface area (Å²) in [6, 6.07) is 14.9. The fourth-order valence-corrected chi connectivity index (χ4v) is 1.49. The molecule has 0 unspecified atom stereocenters. The third kappa shape index (κ3) is 4.71. The van der Waals surface area contributed by atoms with E-state index in [2.05, 4.69) is 0 Å². The normalized spacial score (nSPS) is 9.16. The van der Waals surface area contributed by atoms with Crippen molar-refractivity contribution in [3.8, 4) is 22.6 Å². The Balaban J connectivity index is 0.000000399. The van der Waals surface area contributed by atoms with Crippen LogP contribution in [0, 0.1) is 0 Å². The molecule has 0 aromatic heterocycles. The van der Waals surface area contributed by atoms with Gasteiger partial charge < -0.3 is 14.9 Å². The second-order valence-corrected chi connectivity index (χ2v) is 3.76. The first-order valence-corrected chi connectivity index (χ1v) is 5.66. The highest BCUT2D eigenvalue weighted by Gasteiger charge is 2.02. The van der Waals surface area contributed by atoms with E-state index in [-0.39, 0.29) is 0 Å². The third-order valence-corrected chi connectivity index (χ3v) is 2.31. The van der Waals surface area contributed by atoms with E-state index in [0.717, 1.165) is 23.8 Å². The summed E-state index contributed by atoms with van der Waals surface area (Å²) >= 11 is 0. The maximum absolute atomic E-state index is 9.66. The minimum Gasteiger partial charge on any atom is -0.507 e. The lowest BCUT2D eigenvalue weighted by atomic mass is 10.0. The summed E-state index contributed by atoms with van der Waals surface area (Å²) in [4.78, 5) is 9.00. The minimum atomic E-state index is -0.833. The molecule has 19 heavy (non-hydrogen) atoms. The van der Waals surface area contributed by atoms with Gasteiger partial charge in [0.05, 0.1) is 7.11 Å². The van der Waals surface area contributed by atoms with Crippen molar-refractivity contribution in [1.82, 2.24) is 0 Å². The molecule has 0 amide bonds. The number of phenolic OH excluding ortho intramolecular Hbond substituents is 1. The van der Waals surface area contributed by atoms with Crippen molar-refractivity contribution in [3.05, 3.63) is 48.5 Å². The first-order chi connectivity index (χ1) is 9.04. The summed E-state index contributed by atoms with van der Waals surface area (Å²) in [5, 5.41) is 17.1. The first kappa shape index (κ1) is 14.6.